The molecule has 1 saturated carbocycles. The van der Waals surface area contributed by atoms with Gasteiger partial charge in [0.1, 0.15) is 18.5 Å². The van der Waals surface area contributed by atoms with Crippen LogP contribution < -0.4 is 4.74 Å². The SMILES string of the molecule is COC(=O)C1CCN(C[C@H](O)COc2cccc(CN(C)C3CCCCC3)c2)CC1. The molecule has 0 aromatic heterocycles. The number of aliphatic hydroxyl groups excluding tert-OH is 1. The number of benzene rings is 1. The van der Waals surface area contributed by atoms with Gasteiger partial charge in [-0.3, -0.25) is 9.69 Å². The Bertz CT molecular complexity index is 654. The standard InChI is InChI=1S/C24H38N2O4/c1-25(21-8-4-3-5-9-21)16-19-7-6-10-23(15-19)30-18-22(27)17-26-13-11-20(12-14-26)24(28)29-2/h6-7,10,15,20-22,27H,3-5,8-9,11-14,16-18H2,1-2H3/t22-/m0/s1. The summed E-state index contributed by atoms with van der Waals surface area (Å²) < 4.78 is 10.7. The Morgan fingerprint density at radius 1 is 1.20 bits per heavy atom. The van der Waals surface area contributed by atoms with Gasteiger partial charge in [0.05, 0.1) is 13.0 Å². The van der Waals surface area contributed by atoms with E-state index in [4.69, 9.17) is 9.47 Å². The summed E-state index contributed by atoms with van der Waals surface area (Å²) in [5.41, 5.74) is 1.25. The van der Waals surface area contributed by atoms with Gasteiger partial charge in [-0.15, -0.1) is 0 Å². The topological polar surface area (TPSA) is 62.2 Å². The summed E-state index contributed by atoms with van der Waals surface area (Å²) in [6.07, 6.45) is 7.69. The second-order valence-electron chi connectivity index (χ2n) is 8.92. The van der Waals surface area contributed by atoms with Crippen LogP contribution >= 0.6 is 0 Å². The molecule has 3 rings (SSSR count). The van der Waals surface area contributed by atoms with Gasteiger partial charge in [-0.25, -0.2) is 0 Å². The molecule has 6 nitrogen and oxygen atoms in total. The van der Waals surface area contributed by atoms with Crippen LogP contribution in [0.15, 0.2) is 24.3 Å². The van der Waals surface area contributed by atoms with Crippen LogP contribution in [0.1, 0.15) is 50.5 Å². The van der Waals surface area contributed by atoms with Crippen molar-refractivity contribution in [1.82, 2.24) is 9.80 Å². The Hall–Kier alpha value is -1.63. The Balaban J connectivity index is 1.40. The van der Waals surface area contributed by atoms with Gasteiger partial charge in [-0.05, 0) is 63.5 Å². The van der Waals surface area contributed by atoms with Crippen LogP contribution in [-0.2, 0) is 16.1 Å². The van der Waals surface area contributed by atoms with E-state index < -0.39 is 6.10 Å². The Morgan fingerprint density at radius 2 is 1.93 bits per heavy atom. The highest BCUT2D eigenvalue weighted by molar-refractivity contribution is 5.72. The van der Waals surface area contributed by atoms with Crippen molar-refractivity contribution in [3.63, 3.8) is 0 Å². The van der Waals surface area contributed by atoms with Gasteiger partial charge >= 0.3 is 5.97 Å². The number of β-amino-alcohol motifs (C(OH)–C–C–N with tert-alkyl or cyclic N) is 1. The first-order valence-electron chi connectivity index (χ1n) is 11.5. The van der Waals surface area contributed by atoms with E-state index in [2.05, 4.69) is 29.0 Å². The molecule has 1 heterocycles. The number of hydrogen-bond donors (Lipinski definition) is 1. The molecule has 168 valence electrons. The van der Waals surface area contributed by atoms with Crippen molar-refractivity contribution in [2.45, 2.75) is 63.6 Å². The Labute approximate surface area is 181 Å². The molecule has 1 aliphatic carbocycles. The lowest BCUT2D eigenvalue weighted by atomic mass is 9.94. The molecule has 30 heavy (non-hydrogen) atoms. The van der Waals surface area contributed by atoms with E-state index in [0.29, 0.717) is 12.6 Å². The summed E-state index contributed by atoms with van der Waals surface area (Å²) in [7, 11) is 3.66. The maximum atomic E-state index is 11.6. The quantitative estimate of drug-likeness (QED) is 0.622. The lowest BCUT2D eigenvalue weighted by Crippen LogP contribution is -2.42. The summed E-state index contributed by atoms with van der Waals surface area (Å²) >= 11 is 0. The molecule has 0 spiro atoms. The first kappa shape index (κ1) is 23.0. The maximum absolute atomic E-state index is 11.6. The van der Waals surface area contributed by atoms with E-state index in [1.807, 2.05) is 12.1 Å². The van der Waals surface area contributed by atoms with Crippen molar-refractivity contribution in [3.05, 3.63) is 29.8 Å². The predicted octanol–water partition coefficient (Wildman–Crippen LogP) is 3.08. The van der Waals surface area contributed by atoms with Gasteiger partial charge < -0.3 is 19.5 Å². The summed E-state index contributed by atoms with van der Waals surface area (Å²) in [5.74, 6) is 0.690. The van der Waals surface area contributed by atoms with E-state index in [1.54, 1.807) is 0 Å². The number of carbonyl (C=O) groups excluding carboxylic acids is 1. The molecule has 1 aliphatic heterocycles. The summed E-state index contributed by atoms with van der Waals surface area (Å²) in [6.45, 7) is 3.38. The van der Waals surface area contributed by atoms with E-state index >= 15 is 0 Å². The first-order chi connectivity index (χ1) is 14.5. The van der Waals surface area contributed by atoms with Gasteiger partial charge in [0.2, 0.25) is 0 Å². The zero-order valence-electron chi connectivity index (χ0n) is 18.6. The minimum Gasteiger partial charge on any atom is -0.491 e. The average molecular weight is 419 g/mol. The summed E-state index contributed by atoms with van der Waals surface area (Å²) in [5, 5.41) is 10.4. The zero-order valence-corrected chi connectivity index (χ0v) is 18.6. The van der Waals surface area contributed by atoms with Crippen molar-refractivity contribution >= 4 is 5.97 Å². The highest BCUT2D eigenvalue weighted by Gasteiger charge is 2.26. The molecular formula is C24H38N2O4. The average Bonchev–Trinajstić information content (AvgIpc) is 2.78. The number of methoxy groups -OCH3 is 1. The monoisotopic (exact) mass is 418 g/mol. The van der Waals surface area contributed by atoms with Crippen LogP contribution in [0.3, 0.4) is 0 Å². The van der Waals surface area contributed by atoms with Gasteiger partial charge in [0, 0.05) is 19.1 Å². The van der Waals surface area contributed by atoms with Crippen molar-refractivity contribution in [2.24, 2.45) is 5.92 Å². The molecule has 2 fully saturated rings. The van der Waals surface area contributed by atoms with Crippen LogP contribution in [0.25, 0.3) is 0 Å². The van der Waals surface area contributed by atoms with E-state index in [0.717, 1.165) is 38.2 Å². The number of carbonyl (C=O) groups is 1. The molecule has 0 radical (unpaired) electrons. The van der Waals surface area contributed by atoms with Crippen molar-refractivity contribution in [2.75, 3.05) is 40.4 Å². The van der Waals surface area contributed by atoms with Crippen LogP contribution in [0.2, 0.25) is 0 Å². The third-order valence-corrected chi connectivity index (χ3v) is 6.56. The van der Waals surface area contributed by atoms with Crippen molar-refractivity contribution in [3.8, 4) is 5.75 Å². The van der Waals surface area contributed by atoms with Gasteiger partial charge in [0.25, 0.3) is 0 Å². The fourth-order valence-electron chi connectivity index (χ4n) is 4.73. The molecule has 0 unspecified atom stereocenters. The minimum atomic E-state index is -0.548. The zero-order chi connectivity index (χ0) is 21.3. The van der Waals surface area contributed by atoms with Gasteiger partial charge in [-0.1, -0.05) is 31.4 Å². The van der Waals surface area contributed by atoms with Crippen LogP contribution in [0, 0.1) is 5.92 Å². The molecule has 6 heteroatoms. The van der Waals surface area contributed by atoms with Gasteiger partial charge in [-0.2, -0.15) is 0 Å². The maximum Gasteiger partial charge on any atom is 0.308 e. The largest absolute Gasteiger partial charge is 0.491 e. The van der Waals surface area contributed by atoms with Crippen molar-refractivity contribution < 1.29 is 19.4 Å². The molecular weight excluding hydrogens is 380 g/mol. The van der Waals surface area contributed by atoms with E-state index in [9.17, 15) is 9.90 Å². The lowest BCUT2D eigenvalue weighted by Gasteiger charge is -2.32. The number of nitrogens with zero attached hydrogens (tertiary/aromatic N) is 2. The second-order valence-corrected chi connectivity index (χ2v) is 8.92. The normalized spacial score (nSPS) is 20.3. The predicted molar refractivity (Wildman–Crippen MR) is 117 cm³/mol. The molecule has 0 bridgehead atoms. The summed E-state index contributed by atoms with van der Waals surface area (Å²) in [4.78, 5) is 16.3. The molecule has 1 saturated heterocycles. The third kappa shape index (κ3) is 6.96. The molecule has 0 amide bonds. The number of likely N-dealkylation sites (tertiary alicyclic amines) is 1. The highest BCUT2D eigenvalue weighted by atomic mass is 16.5. The fraction of sp³-hybridized carbons (Fsp3) is 0.708. The molecule has 1 N–H and O–H groups in total. The first-order valence-corrected chi connectivity index (χ1v) is 11.5. The smallest absolute Gasteiger partial charge is 0.308 e. The van der Waals surface area contributed by atoms with Crippen LogP contribution in [0.4, 0.5) is 0 Å². The number of esters is 1. The number of ether oxygens (including phenoxy) is 2. The molecule has 1 atom stereocenters. The Morgan fingerprint density at radius 3 is 2.63 bits per heavy atom. The lowest BCUT2D eigenvalue weighted by molar-refractivity contribution is -0.147. The van der Waals surface area contributed by atoms with Crippen molar-refractivity contribution in [1.29, 1.82) is 0 Å². The van der Waals surface area contributed by atoms with Gasteiger partial charge in [0.15, 0.2) is 0 Å². The number of hydrogen-bond acceptors (Lipinski definition) is 6. The minimum absolute atomic E-state index is 0.00544. The van der Waals surface area contributed by atoms with E-state index in [1.165, 1.54) is 44.8 Å². The highest BCUT2D eigenvalue weighted by Crippen LogP contribution is 2.24. The number of aliphatic hydroxyl groups is 1. The number of rotatable bonds is 9. The fourth-order valence-corrected chi connectivity index (χ4v) is 4.73. The number of piperidine rings is 1. The molecule has 2 aliphatic rings. The molecule has 1 aromatic carbocycles. The third-order valence-electron chi connectivity index (χ3n) is 6.56. The molecule has 1 aromatic rings. The Kier molecular flexibility index (Phi) is 8.97. The van der Waals surface area contributed by atoms with Crippen LogP contribution in [0.5, 0.6) is 5.75 Å². The summed E-state index contributed by atoms with van der Waals surface area (Å²) in [6, 6.07) is 8.91. The van der Waals surface area contributed by atoms with E-state index in [-0.39, 0.29) is 18.5 Å². The second kappa shape index (κ2) is 11.7. The van der Waals surface area contributed by atoms with Crippen LogP contribution in [-0.4, -0.2) is 73.4 Å².